The second-order valence-electron chi connectivity index (χ2n) is 6.96. The molecule has 1 aliphatic carbocycles. The lowest BCUT2D eigenvalue weighted by Gasteiger charge is -2.21. The van der Waals surface area contributed by atoms with Gasteiger partial charge in [0, 0.05) is 31.5 Å². The third-order valence-electron chi connectivity index (χ3n) is 4.77. The zero-order valence-electron chi connectivity index (χ0n) is 14.0. The fourth-order valence-electron chi connectivity index (χ4n) is 3.12. The summed E-state index contributed by atoms with van der Waals surface area (Å²) in [7, 11) is 0. The van der Waals surface area contributed by atoms with Gasteiger partial charge in [0.15, 0.2) is 6.54 Å². The van der Waals surface area contributed by atoms with Gasteiger partial charge in [0.2, 0.25) is 0 Å². The number of urea groups is 1. The van der Waals surface area contributed by atoms with Crippen LogP contribution in [0.3, 0.4) is 0 Å². The predicted molar refractivity (Wildman–Crippen MR) is 88.2 cm³/mol. The van der Waals surface area contributed by atoms with Gasteiger partial charge in [-0.3, -0.25) is 9.69 Å². The molecule has 1 heterocycles. The molecule has 5 nitrogen and oxygen atoms in total. The zero-order chi connectivity index (χ0) is 16.4. The number of nitrogens with one attached hydrogen (secondary N) is 2. The van der Waals surface area contributed by atoms with E-state index in [0.717, 1.165) is 6.54 Å². The first-order chi connectivity index (χ1) is 11.0. The lowest BCUT2D eigenvalue weighted by molar-refractivity contribution is -0.917. The fraction of sp³-hybridized carbons (Fsp3) is 0.556. The number of rotatable bonds is 6. The minimum absolute atomic E-state index is 0.0549. The first kappa shape index (κ1) is 16.0. The Bertz CT molecular complexity index is 578. The topological polar surface area (TPSA) is 53.9 Å². The Morgan fingerprint density at radius 1 is 1.30 bits per heavy atom. The maximum Gasteiger partial charge on any atom is 0.324 e. The molecule has 1 aromatic carbocycles. The number of hydrogen-bond acceptors (Lipinski definition) is 2. The second kappa shape index (κ2) is 6.71. The number of hydrogen-bond donors (Lipinski definition) is 2. The fourth-order valence-corrected chi connectivity index (χ4v) is 3.12. The summed E-state index contributed by atoms with van der Waals surface area (Å²) >= 11 is 0. The van der Waals surface area contributed by atoms with E-state index in [1.807, 2.05) is 0 Å². The highest BCUT2D eigenvalue weighted by Gasteiger charge is 2.37. The molecule has 1 saturated carbocycles. The number of quaternary nitrogens is 1. The molecule has 0 aromatic heterocycles. The van der Waals surface area contributed by atoms with E-state index in [4.69, 9.17) is 0 Å². The zero-order valence-corrected chi connectivity index (χ0v) is 14.0. The van der Waals surface area contributed by atoms with Crippen LogP contribution in [0.2, 0.25) is 0 Å². The van der Waals surface area contributed by atoms with Crippen molar-refractivity contribution in [3.8, 4) is 0 Å². The summed E-state index contributed by atoms with van der Waals surface area (Å²) in [6.07, 6.45) is 2.36. The van der Waals surface area contributed by atoms with E-state index in [1.165, 1.54) is 33.8 Å². The first-order valence-electron chi connectivity index (χ1n) is 8.56. The molecule has 2 N–H and O–H groups in total. The highest BCUT2D eigenvalue weighted by molar-refractivity contribution is 5.96. The summed E-state index contributed by atoms with van der Waals surface area (Å²) in [5, 5.41) is 2.69. The normalized spacial score (nSPS) is 19.1. The Labute approximate surface area is 137 Å². The molecular formula is C18H26N3O2+. The minimum atomic E-state index is -0.244. The van der Waals surface area contributed by atoms with Gasteiger partial charge in [-0.1, -0.05) is 38.1 Å². The lowest BCUT2D eigenvalue weighted by atomic mass is 10.0. The van der Waals surface area contributed by atoms with Crippen LogP contribution in [0.5, 0.6) is 0 Å². The summed E-state index contributed by atoms with van der Waals surface area (Å²) in [4.78, 5) is 26.6. The third kappa shape index (κ3) is 3.91. The number of nitrogens with zero attached hydrogens (tertiary/aromatic N) is 1. The molecular weight excluding hydrogens is 290 g/mol. The molecule has 2 aliphatic rings. The quantitative estimate of drug-likeness (QED) is 0.820. The van der Waals surface area contributed by atoms with E-state index in [2.05, 4.69) is 43.4 Å². The number of amides is 3. The molecule has 1 atom stereocenters. The Morgan fingerprint density at radius 2 is 2.00 bits per heavy atom. The van der Waals surface area contributed by atoms with Crippen molar-refractivity contribution in [3.05, 3.63) is 35.4 Å². The van der Waals surface area contributed by atoms with Gasteiger partial charge in [0.05, 0.1) is 6.04 Å². The molecule has 3 amide bonds. The van der Waals surface area contributed by atoms with E-state index < -0.39 is 0 Å². The minimum Gasteiger partial charge on any atom is -0.336 e. The van der Waals surface area contributed by atoms with Gasteiger partial charge in [0.1, 0.15) is 6.54 Å². The van der Waals surface area contributed by atoms with Gasteiger partial charge in [-0.05, 0) is 11.5 Å². The summed E-state index contributed by atoms with van der Waals surface area (Å²) in [5.74, 6) is 0.479. The summed E-state index contributed by atoms with van der Waals surface area (Å²) in [6, 6.07) is 9.02. The van der Waals surface area contributed by atoms with Crippen molar-refractivity contribution in [2.75, 3.05) is 19.6 Å². The Balaban J connectivity index is 1.62. The van der Waals surface area contributed by atoms with Crippen molar-refractivity contribution in [1.29, 1.82) is 0 Å². The number of carbonyl (C=O) groups is 2. The average molecular weight is 316 g/mol. The van der Waals surface area contributed by atoms with Crippen molar-refractivity contribution in [3.63, 3.8) is 0 Å². The molecule has 2 fully saturated rings. The molecule has 0 spiro atoms. The molecule has 0 radical (unpaired) electrons. The monoisotopic (exact) mass is 316 g/mol. The molecule has 1 aromatic rings. The largest absolute Gasteiger partial charge is 0.336 e. The van der Waals surface area contributed by atoms with E-state index in [9.17, 15) is 9.59 Å². The highest BCUT2D eigenvalue weighted by Crippen LogP contribution is 2.17. The van der Waals surface area contributed by atoms with E-state index in [-0.39, 0.29) is 11.9 Å². The van der Waals surface area contributed by atoms with Crippen LogP contribution in [-0.2, 0) is 11.3 Å². The van der Waals surface area contributed by atoms with Crippen LogP contribution >= 0.6 is 0 Å². The molecule has 5 heteroatoms. The molecule has 1 aliphatic heterocycles. The van der Waals surface area contributed by atoms with Crippen LogP contribution < -0.4 is 10.2 Å². The molecule has 124 valence electrons. The number of imide groups is 1. The summed E-state index contributed by atoms with van der Waals surface area (Å²) < 4.78 is 0. The van der Waals surface area contributed by atoms with Gasteiger partial charge in [-0.2, -0.15) is 0 Å². The Morgan fingerprint density at radius 3 is 2.52 bits per heavy atom. The molecule has 23 heavy (non-hydrogen) atoms. The van der Waals surface area contributed by atoms with Crippen molar-refractivity contribution in [2.24, 2.45) is 0 Å². The van der Waals surface area contributed by atoms with Gasteiger partial charge in [0.25, 0.3) is 5.91 Å². The van der Waals surface area contributed by atoms with Crippen molar-refractivity contribution < 1.29 is 14.5 Å². The Kier molecular flexibility index (Phi) is 4.66. The SMILES string of the molecule is CC(C)c1ccc(C[NH+](CC(=O)N2CCNC2=O)C2CC2)cc1. The molecule has 0 bridgehead atoms. The maximum absolute atomic E-state index is 12.4. The standard InChI is InChI=1S/C18H25N3O2/c1-13(2)15-5-3-14(4-6-15)11-20(16-7-8-16)12-17(22)21-10-9-19-18(21)23/h3-6,13,16H,7-12H2,1-2H3,(H,19,23)/p+1. The number of carbonyl (C=O) groups excluding carboxylic acids is 2. The van der Waals surface area contributed by atoms with Crippen molar-refractivity contribution in [1.82, 2.24) is 10.2 Å². The van der Waals surface area contributed by atoms with Crippen LogP contribution in [-0.4, -0.2) is 42.5 Å². The number of benzene rings is 1. The predicted octanol–water partition coefficient (Wildman–Crippen LogP) is 0.909. The van der Waals surface area contributed by atoms with Crippen LogP contribution in [0.1, 0.15) is 43.7 Å². The Hall–Kier alpha value is -1.88. The molecule has 3 rings (SSSR count). The van der Waals surface area contributed by atoms with Crippen LogP contribution in [0, 0.1) is 0 Å². The van der Waals surface area contributed by atoms with Crippen molar-refractivity contribution in [2.45, 2.75) is 45.2 Å². The van der Waals surface area contributed by atoms with Crippen LogP contribution in [0.25, 0.3) is 0 Å². The highest BCUT2D eigenvalue weighted by atomic mass is 16.2. The van der Waals surface area contributed by atoms with Gasteiger partial charge < -0.3 is 10.2 Å². The maximum atomic E-state index is 12.4. The molecule has 1 saturated heterocycles. The third-order valence-corrected chi connectivity index (χ3v) is 4.77. The molecule has 1 unspecified atom stereocenters. The van der Waals surface area contributed by atoms with E-state index >= 15 is 0 Å². The first-order valence-corrected chi connectivity index (χ1v) is 8.56. The van der Waals surface area contributed by atoms with Gasteiger partial charge >= 0.3 is 6.03 Å². The summed E-state index contributed by atoms with van der Waals surface area (Å²) in [6.45, 7) is 6.71. The second-order valence-corrected chi connectivity index (χ2v) is 6.96. The van der Waals surface area contributed by atoms with Gasteiger partial charge in [-0.25, -0.2) is 4.79 Å². The smallest absolute Gasteiger partial charge is 0.324 e. The van der Waals surface area contributed by atoms with Crippen molar-refractivity contribution >= 4 is 11.9 Å². The average Bonchev–Trinajstić information content (AvgIpc) is 3.28. The summed E-state index contributed by atoms with van der Waals surface area (Å²) in [5.41, 5.74) is 2.60. The van der Waals surface area contributed by atoms with Gasteiger partial charge in [-0.15, -0.1) is 0 Å². The lowest BCUT2D eigenvalue weighted by Crippen LogP contribution is -3.13. The van der Waals surface area contributed by atoms with Crippen LogP contribution in [0.4, 0.5) is 4.79 Å². The van der Waals surface area contributed by atoms with E-state index in [0.29, 0.717) is 31.6 Å². The van der Waals surface area contributed by atoms with E-state index in [1.54, 1.807) is 0 Å². The van der Waals surface area contributed by atoms with Crippen LogP contribution in [0.15, 0.2) is 24.3 Å².